The Kier molecular flexibility index (Phi) is 3.00. The van der Waals surface area contributed by atoms with Gasteiger partial charge in [0.25, 0.3) is 0 Å². The summed E-state index contributed by atoms with van der Waals surface area (Å²) in [6.07, 6.45) is -5.16. The maximum absolute atomic E-state index is 12.8. The van der Waals surface area contributed by atoms with Gasteiger partial charge in [0.05, 0.1) is 24.7 Å². The molecular weight excluding hydrogens is 219 g/mol. The highest BCUT2D eigenvalue weighted by atomic mass is 19.4. The van der Waals surface area contributed by atoms with Crippen LogP contribution in [0.4, 0.5) is 13.2 Å². The average Bonchev–Trinajstić information content (AvgIpc) is 2.14. The molecular formula is C11H10F3NO. The molecule has 0 fully saturated rings. The van der Waals surface area contributed by atoms with Gasteiger partial charge in [-0.25, -0.2) is 0 Å². The van der Waals surface area contributed by atoms with Crippen LogP contribution >= 0.6 is 0 Å². The zero-order valence-corrected chi connectivity index (χ0v) is 8.72. The van der Waals surface area contributed by atoms with E-state index in [2.05, 4.69) is 0 Å². The van der Waals surface area contributed by atoms with E-state index in [4.69, 9.17) is 11.4 Å². The highest BCUT2D eigenvalue weighted by Gasteiger charge is 2.34. The van der Waals surface area contributed by atoms with E-state index < -0.39 is 29.6 Å². The molecule has 0 radical (unpaired) electrons. The summed E-state index contributed by atoms with van der Waals surface area (Å²) < 4.78 is 50.7. The normalized spacial score (nSPS) is 12.2. The summed E-state index contributed by atoms with van der Waals surface area (Å²) in [4.78, 5) is 0. The monoisotopic (exact) mass is 230 g/mol. The van der Waals surface area contributed by atoms with Crippen molar-refractivity contribution in [2.75, 3.05) is 0 Å². The van der Waals surface area contributed by atoms with Crippen LogP contribution in [-0.4, -0.2) is 6.10 Å². The van der Waals surface area contributed by atoms with Crippen molar-refractivity contribution >= 4 is 0 Å². The van der Waals surface area contributed by atoms with Gasteiger partial charge in [-0.3, -0.25) is 0 Å². The van der Waals surface area contributed by atoms with Crippen molar-refractivity contribution in [2.24, 2.45) is 0 Å². The zero-order chi connectivity index (χ0) is 13.2. The summed E-state index contributed by atoms with van der Waals surface area (Å²) in [5.74, 6) is -0.420. The number of rotatable bonds is 2. The van der Waals surface area contributed by atoms with Crippen LogP contribution in [0.2, 0.25) is 0 Å². The van der Waals surface area contributed by atoms with E-state index in [9.17, 15) is 13.2 Å². The highest BCUT2D eigenvalue weighted by Crippen LogP contribution is 2.37. The molecule has 0 atom stereocenters. The topological polar surface area (TPSA) is 33.0 Å². The lowest BCUT2D eigenvalue weighted by molar-refractivity contribution is -0.139. The second kappa shape index (κ2) is 4.44. The molecule has 0 amide bonds. The molecule has 0 saturated carbocycles. The van der Waals surface area contributed by atoms with Crippen molar-refractivity contribution in [3.05, 3.63) is 29.3 Å². The summed E-state index contributed by atoms with van der Waals surface area (Å²) in [5, 5.41) is 8.60. The van der Waals surface area contributed by atoms with Gasteiger partial charge in [-0.15, -0.1) is 0 Å². The van der Waals surface area contributed by atoms with Crippen LogP contribution in [0.15, 0.2) is 18.2 Å². The van der Waals surface area contributed by atoms with Crippen molar-refractivity contribution in [3.8, 4) is 11.8 Å². The number of benzene rings is 1. The van der Waals surface area contributed by atoms with E-state index in [1.165, 1.54) is 0 Å². The molecule has 16 heavy (non-hydrogen) atoms. The third-order valence-electron chi connectivity index (χ3n) is 1.67. The van der Waals surface area contributed by atoms with Crippen LogP contribution in [0, 0.1) is 11.3 Å². The quantitative estimate of drug-likeness (QED) is 0.780. The van der Waals surface area contributed by atoms with Gasteiger partial charge in [-0.2, -0.15) is 18.4 Å². The first-order valence-electron chi connectivity index (χ1n) is 5.05. The van der Waals surface area contributed by atoms with Crippen molar-refractivity contribution in [1.29, 1.82) is 5.26 Å². The fourth-order valence-corrected chi connectivity index (χ4v) is 1.11. The Morgan fingerprint density at radius 3 is 2.50 bits per heavy atom. The number of hydrogen-bond acceptors (Lipinski definition) is 2. The average molecular weight is 230 g/mol. The lowest BCUT2D eigenvalue weighted by Crippen LogP contribution is -2.13. The van der Waals surface area contributed by atoms with E-state index >= 15 is 0 Å². The molecule has 0 N–H and O–H groups in total. The fourth-order valence-electron chi connectivity index (χ4n) is 1.11. The van der Waals surface area contributed by atoms with Gasteiger partial charge in [0.1, 0.15) is 5.75 Å². The van der Waals surface area contributed by atoms with Gasteiger partial charge in [-0.1, -0.05) is 0 Å². The van der Waals surface area contributed by atoms with Crippen LogP contribution in [0.3, 0.4) is 0 Å². The van der Waals surface area contributed by atoms with Gasteiger partial charge < -0.3 is 4.74 Å². The van der Waals surface area contributed by atoms with E-state index in [-0.39, 0.29) is 5.56 Å². The molecule has 1 rings (SSSR count). The molecule has 1 aromatic carbocycles. The molecule has 0 heterocycles. The Hall–Kier alpha value is -1.70. The van der Waals surface area contributed by atoms with E-state index in [1.54, 1.807) is 19.9 Å². The van der Waals surface area contributed by atoms with E-state index in [0.29, 0.717) is 0 Å². The Morgan fingerprint density at radius 2 is 2.06 bits per heavy atom. The maximum Gasteiger partial charge on any atom is 0.420 e. The van der Waals surface area contributed by atoms with Crippen LogP contribution in [0.25, 0.3) is 0 Å². The Balaban J connectivity index is 3.43. The van der Waals surface area contributed by atoms with Crippen LogP contribution in [-0.2, 0) is 6.18 Å². The zero-order valence-electron chi connectivity index (χ0n) is 9.72. The Bertz CT molecular complexity index is 463. The molecule has 0 aliphatic heterocycles. The van der Waals surface area contributed by atoms with Crippen molar-refractivity contribution in [1.82, 2.24) is 0 Å². The predicted octanol–water partition coefficient (Wildman–Crippen LogP) is 3.36. The van der Waals surface area contributed by atoms with Crippen molar-refractivity contribution in [2.45, 2.75) is 26.1 Å². The third kappa shape index (κ3) is 2.89. The van der Waals surface area contributed by atoms with Gasteiger partial charge >= 0.3 is 6.18 Å². The van der Waals surface area contributed by atoms with Gasteiger partial charge in [0.2, 0.25) is 0 Å². The number of ether oxygens (including phenoxy) is 1. The molecule has 86 valence electrons. The molecule has 5 heteroatoms. The first kappa shape index (κ1) is 10.8. The van der Waals surface area contributed by atoms with Crippen LogP contribution < -0.4 is 4.74 Å². The maximum atomic E-state index is 12.8. The number of halogens is 3. The van der Waals surface area contributed by atoms with E-state index in [1.807, 2.05) is 0 Å². The fraction of sp³-hybridized carbons (Fsp3) is 0.364. The molecule has 0 aromatic heterocycles. The summed E-state index contributed by atoms with van der Waals surface area (Å²) >= 11 is 0. The number of hydrogen-bond donors (Lipinski definition) is 0. The number of alkyl halides is 3. The molecule has 0 aliphatic rings. The molecule has 1 aromatic rings. The number of nitrogens with zero attached hydrogens (tertiary/aromatic N) is 1. The first-order valence-corrected chi connectivity index (χ1v) is 4.55. The number of nitriles is 1. The molecule has 0 aliphatic carbocycles. The largest absolute Gasteiger partial charge is 0.490 e. The minimum atomic E-state index is -4.71. The predicted molar refractivity (Wildman–Crippen MR) is 51.9 cm³/mol. The summed E-state index contributed by atoms with van der Waals surface area (Å²) in [6, 6.07) is 2.91. The second-order valence-corrected chi connectivity index (χ2v) is 3.39. The SMILES string of the molecule is [2H]c1c(C#N)ccc(OC(C)C)c1C(F)(F)F. The molecule has 0 unspecified atom stereocenters. The minimum absolute atomic E-state index is 0.326. The third-order valence-corrected chi connectivity index (χ3v) is 1.67. The molecule has 0 bridgehead atoms. The van der Waals surface area contributed by atoms with Gasteiger partial charge in [0.15, 0.2) is 0 Å². The lowest BCUT2D eigenvalue weighted by atomic mass is 10.1. The van der Waals surface area contributed by atoms with E-state index in [0.717, 1.165) is 12.1 Å². The molecule has 2 nitrogen and oxygen atoms in total. The summed E-state index contributed by atoms with van der Waals surface area (Å²) in [5.41, 5.74) is -1.53. The Labute approximate surface area is 92.7 Å². The van der Waals surface area contributed by atoms with Gasteiger partial charge in [0, 0.05) is 0 Å². The molecule has 0 spiro atoms. The van der Waals surface area contributed by atoms with Crippen LogP contribution in [0.5, 0.6) is 5.75 Å². The smallest absolute Gasteiger partial charge is 0.420 e. The Morgan fingerprint density at radius 1 is 1.44 bits per heavy atom. The summed E-state index contributed by atoms with van der Waals surface area (Å²) in [6.45, 7) is 3.17. The molecule has 0 saturated heterocycles. The minimum Gasteiger partial charge on any atom is -0.490 e. The van der Waals surface area contributed by atoms with Crippen molar-refractivity contribution in [3.63, 3.8) is 0 Å². The second-order valence-electron chi connectivity index (χ2n) is 3.39. The summed E-state index contributed by atoms with van der Waals surface area (Å²) in [7, 11) is 0. The van der Waals surface area contributed by atoms with Crippen molar-refractivity contribution < 1.29 is 19.3 Å². The highest BCUT2D eigenvalue weighted by molar-refractivity contribution is 5.43. The standard InChI is InChI=1S/C11H10F3NO/c1-7(2)16-10-4-3-8(6-15)5-9(10)11(12,13)14/h3-5,7H,1-2H3/i5D. The van der Waals surface area contributed by atoms with Gasteiger partial charge in [-0.05, 0) is 32.0 Å². The van der Waals surface area contributed by atoms with Crippen LogP contribution in [0.1, 0.15) is 26.3 Å². The lowest BCUT2D eigenvalue weighted by Gasteiger charge is -2.16. The first-order chi connectivity index (χ1) is 7.77.